The molecule has 0 aliphatic heterocycles. The fourth-order valence-corrected chi connectivity index (χ4v) is 2.36. The zero-order valence-corrected chi connectivity index (χ0v) is 13.7. The maximum atomic E-state index is 12.8. The van der Waals surface area contributed by atoms with Crippen LogP contribution in [0, 0.1) is 13.8 Å². The van der Waals surface area contributed by atoms with Crippen LogP contribution in [0.5, 0.6) is 0 Å². The molecule has 0 unspecified atom stereocenters. The zero-order valence-electron chi connectivity index (χ0n) is 13.7. The van der Waals surface area contributed by atoms with Crippen LogP contribution in [0.4, 0.5) is 0 Å². The Hall–Kier alpha value is -2.46. The fourth-order valence-electron chi connectivity index (χ4n) is 2.36. The van der Waals surface area contributed by atoms with Crippen molar-refractivity contribution < 1.29 is 14.7 Å². The molecule has 4 nitrogen and oxygen atoms in total. The third-order valence-corrected chi connectivity index (χ3v) is 3.95. The number of aliphatic hydroxyl groups is 1. The van der Waals surface area contributed by atoms with E-state index < -0.39 is 0 Å². The number of aryl methyl sites for hydroxylation is 2. The van der Waals surface area contributed by atoms with Gasteiger partial charge in [-0.25, -0.2) is 0 Å². The molecule has 0 saturated heterocycles. The smallest absolute Gasteiger partial charge is 0.254 e. The van der Waals surface area contributed by atoms with Gasteiger partial charge in [-0.05, 0) is 37.1 Å². The van der Waals surface area contributed by atoms with E-state index in [9.17, 15) is 9.59 Å². The number of ketones is 1. The highest BCUT2D eigenvalue weighted by molar-refractivity contribution is 6.15. The number of hydrogen-bond donors (Lipinski definition) is 1. The number of amides is 1. The first-order chi connectivity index (χ1) is 11.0. The molecular weight excluding hydrogens is 290 g/mol. The van der Waals surface area contributed by atoms with E-state index in [1.807, 2.05) is 26.0 Å². The highest BCUT2D eigenvalue weighted by Crippen LogP contribution is 2.18. The lowest BCUT2D eigenvalue weighted by Crippen LogP contribution is -2.30. The standard InChI is InChI=1S/C19H21NO3/c1-13-8-9-15(12-14(13)2)18(22)16-6-4-5-7-17(16)19(23)20(3)10-11-21/h4-9,12,21H,10-11H2,1-3H3. The van der Waals surface area contributed by atoms with Gasteiger partial charge in [0.25, 0.3) is 5.91 Å². The third kappa shape index (κ3) is 3.66. The Morgan fingerprint density at radius 2 is 1.65 bits per heavy atom. The molecule has 0 spiro atoms. The van der Waals surface area contributed by atoms with E-state index in [-0.39, 0.29) is 24.8 Å². The van der Waals surface area contributed by atoms with Crippen LogP contribution in [0.1, 0.15) is 37.4 Å². The first kappa shape index (κ1) is 16.9. The molecule has 0 aromatic heterocycles. The van der Waals surface area contributed by atoms with Crippen molar-refractivity contribution in [2.24, 2.45) is 0 Å². The average Bonchev–Trinajstić information content (AvgIpc) is 2.56. The first-order valence-electron chi connectivity index (χ1n) is 7.53. The largest absolute Gasteiger partial charge is 0.395 e. The molecule has 1 N–H and O–H groups in total. The van der Waals surface area contributed by atoms with Crippen molar-refractivity contribution in [2.45, 2.75) is 13.8 Å². The molecule has 0 saturated carbocycles. The van der Waals surface area contributed by atoms with Gasteiger partial charge in [-0.2, -0.15) is 0 Å². The van der Waals surface area contributed by atoms with Gasteiger partial charge in [0.15, 0.2) is 5.78 Å². The summed E-state index contributed by atoms with van der Waals surface area (Å²) in [6, 6.07) is 12.3. The Kier molecular flexibility index (Phi) is 5.29. The van der Waals surface area contributed by atoms with Crippen LogP contribution >= 0.6 is 0 Å². The van der Waals surface area contributed by atoms with E-state index in [2.05, 4.69) is 0 Å². The number of nitrogens with zero attached hydrogens (tertiary/aromatic N) is 1. The molecule has 0 aliphatic carbocycles. The van der Waals surface area contributed by atoms with E-state index >= 15 is 0 Å². The Balaban J connectivity index is 2.41. The second kappa shape index (κ2) is 7.20. The summed E-state index contributed by atoms with van der Waals surface area (Å²) in [5.74, 6) is -0.443. The maximum Gasteiger partial charge on any atom is 0.254 e. The van der Waals surface area contributed by atoms with Gasteiger partial charge in [0.2, 0.25) is 0 Å². The minimum Gasteiger partial charge on any atom is -0.395 e. The molecule has 0 atom stereocenters. The first-order valence-corrected chi connectivity index (χ1v) is 7.53. The van der Waals surface area contributed by atoms with Gasteiger partial charge in [-0.3, -0.25) is 9.59 Å². The van der Waals surface area contributed by atoms with Crippen LogP contribution in [0.3, 0.4) is 0 Å². The summed E-state index contributed by atoms with van der Waals surface area (Å²) in [5.41, 5.74) is 3.46. The molecule has 0 bridgehead atoms. The molecule has 2 aromatic rings. The van der Waals surface area contributed by atoms with Gasteiger partial charge >= 0.3 is 0 Å². The van der Waals surface area contributed by atoms with Gasteiger partial charge in [0.05, 0.1) is 12.2 Å². The minimum absolute atomic E-state index is 0.116. The zero-order chi connectivity index (χ0) is 17.0. The average molecular weight is 311 g/mol. The number of carbonyl (C=O) groups excluding carboxylic acids is 2. The Morgan fingerprint density at radius 1 is 1.00 bits per heavy atom. The van der Waals surface area contributed by atoms with Crippen LogP contribution in [-0.4, -0.2) is 41.9 Å². The SMILES string of the molecule is Cc1ccc(C(=O)c2ccccc2C(=O)N(C)CCO)cc1C. The number of aliphatic hydroxyl groups excluding tert-OH is 1. The molecule has 1 amide bonds. The van der Waals surface area contributed by atoms with Crippen molar-refractivity contribution in [3.05, 3.63) is 70.3 Å². The van der Waals surface area contributed by atoms with Crippen molar-refractivity contribution in [1.29, 1.82) is 0 Å². The summed E-state index contributed by atoms with van der Waals surface area (Å²) >= 11 is 0. The summed E-state index contributed by atoms with van der Waals surface area (Å²) in [6.45, 7) is 4.06. The quantitative estimate of drug-likeness (QED) is 0.864. The molecule has 0 fully saturated rings. The van der Waals surface area contributed by atoms with Crippen LogP contribution in [-0.2, 0) is 0 Å². The van der Waals surface area contributed by atoms with E-state index in [1.165, 1.54) is 4.90 Å². The van der Waals surface area contributed by atoms with Gasteiger partial charge < -0.3 is 10.0 Å². The summed E-state index contributed by atoms with van der Waals surface area (Å²) in [4.78, 5) is 26.7. The summed E-state index contributed by atoms with van der Waals surface area (Å²) in [7, 11) is 1.61. The molecule has 0 heterocycles. The number of carbonyl (C=O) groups is 2. The summed E-state index contributed by atoms with van der Waals surface area (Å²) < 4.78 is 0. The van der Waals surface area contributed by atoms with E-state index in [0.717, 1.165) is 11.1 Å². The Bertz CT molecular complexity index is 737. The third-order valence-electron chi connectivity index (χ3n) is 3.95. The molecule has 23 heavy (non-hydrogen) atoms. The molecule has 2 rings (SSSR count). The van der Waals surface area contributed by atoms with Crippen LogP contribution in [0.15, 0.2) is 42.5 Å². The number of rotatable bonds is 5. The minimum atomic E-state index is -0.271. The lowest BCUT2D eigenvalue weighted by molar-refractivity contribution is 0.0763. The van der Waals surface area contributed by atoms with Gasteiger partial charge in [0.1, 0.15) is 0 Å². The van der Waals surface area contributed by atoms with Crippen LogP contribution in [0.25, 0.3) is 0 Å². The monoisotopic (exact) mass is 311 g/mol. The highest BCUT2D eigenvalue weighted by Gasteiger charge is 2.20. The van der Waals surface area contributed by atoms with Crippen molar-refractivity contribution in [3.8, 4) is 0 Å². The van der Waals surface area contributed by atoms with Crippen molar-refractivity contribution in [3.63, 3.8) is 0 Å². The molecular formula is C19H21NO3. The van der Waals surface area contributed by atoms with Gasteiger partial charge in [-0.1, -0.05) is 30.3 Å². The normalized spacial score (nSPS) is 10.4. The van der Waals surface area contributed by atoms with E-state index in [4.69, 9.17) is 5.11 Å². The predicted molar refractivity (Wildman–Crippen MR) is 89.8 cm³/mol. The van der Waals surface area contributed by atoms with Crippen molar-refractivity contribution in [1.82, 2.24) is 4.90 Å². The predicted octanol–water partition coefficient (Wildman–Crippen LogP) is 2.60. The highest BCUT2D eigenvalue weighted by atomic mass is 16.3. The summed E-state index contributed by atoms with van der Waals surface area (Å²) in [5, 5.41) is 8.98. The number of hydrogen-bond acceptors (Lipinski definition) is 3. The molecule has 2 aromatic carbocycles. The van der Waals surface area contributed by atoms with Crippen molar-refractivity contribution in [2.75, 3.05) is 20.2 Å². The second-order valence-electron chi connectivity index (χ2n) is 5.62. The number of benzene rings is 2. The topological polar surface area (TPSA) is 57.6 Å². The second-order valence-corrected chi connectivity index (χ2v) is 5.62. The van der Waals surface area contributed by atoms with E-state index in [1.54, 1.807) is 37.4 Å². The number of likely N-dealkylation sites (N-methyl/N-ethyl adjacent to an activating group) is 1. The Labute approximate surface area is 136 Å². The van der Waals surface area contributed by atoms with E-state index in [0.29, 0.717) is 16.7 Å². The Morgan fingerprint density at radius 3 is 2.26 bits per heavy atom. The van der Waals surface area contributed by atoms with Crippen LogP contribution < -0.4 is 0 Å². The molecule has 0 radical (unpaired) electrons. The fraction of sp³-hybridized carbons (Fsp3) is 0.263. The molecule has 120 valence electrons. The maximum absolute atomic E-state index is 12.8. The van der Waals surface area contributed by atoms with Crippen LogP contribution in [0.2, 0.25) is 0 Å². The van der Waals surface area contributed by atoms with Crippen molar-refractivity contribution >= 4 is 11.7 Å². The summed E-state index contributed by atoms with van der Waals surface area (Å²) in [6.07, 6.45) is 0. The van der Waals surface area contributed by atoms with Gasteiger partial charge in [-0.15, -0.1) is 0 Å². The molecule has 4 heteroatoms. The lowest BCUT2D eigenvalue weighted by Gasteiger charge is -2.17. The lowest BCUT2D eigenvalue weighted by atomic mass is 9.95. The van der Waals surface area contributed by atoms with Gasteiger partial charge in [0, 0.05) is 24.7 Å². The molecule has 0 aliphatic rings.